The quantitative estimate of drug-likeness (QED) is 0.727. The molecule has 2 N–H and O–H groups in total. The van der Waals surface area contributed by atoms with Crippen molar-refractivity contribution in [3.05, 3.63) is 23.8 Å². The lowest BCUT2D eigenvalue weighted by Crippen LogP contribution is -2.07. The van der Waals surface area contributed by atoms with Gasteiger partial charge in [-0.2, -0.15) is 0 Å². The summed E-state index contributed by atoms with van der Waals surface area (Å²) in [4.78, 5) is 3.84. The predicted octanol–water partition coefficient (Wildman–Crippen LogP) is 0.731. The van der Waals surface area contributed by atoms with Gasteiger partial charge in [0.05, 0.1) is 12.8 Å². The van der Waals surface area contributed by atoms with Crippen LogP contribution in [0.25, 0.3) is 0 Å². The van der Waals surface area contributed by atoms with Crippen LogP contribution >= 0.6 is 0 Å². The Balaban J connectivity index is 2.97. The van der Waals surface area contributed by atoms with Crippen molar-refractivity contribution in [2.75, 3.05) is 13.7 Å². The van der Waals surface area contributed by atoms with E-state index in [9.17, 15) is 4.39 Å². The molecule has 0 aliphatic rings. The second-order valence-electron chi connectivity index (χ2n) is 2.31. The second-order valence-corrected chi connectivity index (χ2v) is 2.31. The zero-order valence-corrected chi connectivity index (χ0v) is 6.88. The molecule has 66 valence electrons. The van der Waals surface area contributed by atoms with Crippen molar-refractivity contribution >= 4 is 0 Å². The standard InChI is InChI=1S/C8H11FN2O/c1-12-7-3-5-11-6(2-4-10)8(7)9/h3,5H,2,4,10H2,1H3. The number of rotatable bonds is 3. The molecule has 1 heterocycles. The van der Waals surface area contributed by atoms with Gasteiger partial charge in [0, 0.05) is 18.7 Å². The van der Waals surface area contributed by atoms with Gasteiger partial charge >= 0.3 is 0 Å². The van der Waals surface area contributed by atoms with Crippen molar-refractivity contribution in [1.29, 1.82) is 0 Å². The minimum Gasteiger partial charge on any atom is -0.494 e. The molecular formula is C8H11FN2O. The molecule has 0 atom stereocenters. The molecule has 1 aromatic heterocycles. The van der Waals surface area contributed by atoms with Crippen LogP contribution in [0.3, 0.4) is 0 Å². The first-order valence-corrected chi connectivity index (χ1v) is 3.67. The van der Waals surface area contributed by atoms with Gasteiger partial charge in [0.15, 0.2) is 11.6 Å². The summed E-state index contributed by atoms with van der Waals surface area (Å²) in [6.07, 6.45) is 1.94. The number of nitrogens with zero attached hydrogens (tertiary/aromatic N) is 1. The minimum absolute atomic E-state index is 0.216. The van der Waals surface area contributed by atoms with Gasteiger partial charge in [0.2, 0.25) is 0 Å². The normalized spacial score (nSPS) is 9.92. The Labute approximate surface area is 70.4 Å². The molecule has 0 fully saturated rings. The molecule has 0 aliphatic carbocycles. The number of nitrogens with two attached hydrogens (primary N) is 1. The summed E-state index contributed by atoms with van der Waals surface area (Å²) in [6.45, 7) is 0.386. The number of pyridine rings is 1. The van der Waals surface area contributed by atoms with E-state index in [0.717, 1.165) is 0 Å². The van der Waals surface area contributed by atoms with Crippen molar-refractivity contribution in [2.24, 2.45) is 5.73 Å². The highest BCUT2D eigenvalue weighted by molar-refractivity contribution is 5.25. The van der Waals surface area contributed by atoms with E-state index in [2.05, 4.69) is 4.98 Å². The first kappa shape index (κ1) is 8.93. The molecule has 0 saturated heterocycles. The zero-order valence-electron chi connectivity index (χ0n) is 6.88. The molecule has 1 aromatic rings. The lowest BCUT2D eigenvalue weighted by atomic mass is 10.2. The van der Waals surface area contributed by atoms with Crippen molar-refractivity contribution in [1.82, 2.24) is 4.98 Å². The molecule has 0 aliphatic heterocycles. The Morgan fingerprint density at radius 1 is 1.67 bits per heavy atom. The maximum atomic E-state index is 13.2. The van der Waals surface area contributed by atoms with Crippen LogP contribution in [-0.4, -0.2) is 18.6 Å². The van der Waals surface area contributed by atoms with Crippen LogP contribution in [0.15, 0.2) is 12.3 Å². The van der Waals surface area contributed by atoms with Crippen LogP contribution in [-0.2, 0) is 6.42 Å². The number of hydrogen-bond donors (Lipinski definition) is 1. The van der Waals surface area contributed by atoms with E-state index in [1.165, 1.54) is 19.4 Å². The zero-order chi connectivity index (χ0) is 8.97. The molecule has 0 spiro atoms. The summed E-state index contributed by atoms with van der Waals surface area (Å²) in [5.41, 5.74) is 5.63. The second kappa shape index (κ2) is 4.01. The van der Waals surface area contributed by atoms with Crippen LogP contribution in [0.1, 0.15) is 5.69 Å². The van der Waals surface area contributed by atoms with Crippen LogP contribution in [0, 0.1) is 5.82 Å². The molecule has 0 radical (unpaired) electrons. The molecule has 3 nitrogen and oxygen atoms in total. The predicted molar refractivity (Wildman–Crippen MR) is 43.5 cm³/mol. The fraction of sp³-hybridized carbons (Fsp3) is 0.375. The number of methoxy groups -OCH3 is 1. The summed E-state index contributed by atoms with van der Waals surface area (Å²) in [6, 6.07) is 1.48. The Morgan fingerprint density at radius 3 is 3.00 bits per heavy atom. The fourth-order valence-corrected chi connectivity index (χ4v) is 0.936. The lowest BCUT2D eigenvalue weighted by molar-refractivity contribution is 0.382. The topological polar surface area (TPSA) is 48.1 Å². The Bertz CT molecular complexity index is 265. The highest BCUT2D eigenvalue weighted by Crippen LogP contribution is 2.17. The van der Waals surface area contributed by atoms with Crippen molar-refractivity contribution in [3.63, 3.8) is 0 Å². The molecule has 12 heavy (non-hydrogen) atoms. The van der Waals surface area contributed by atoms with E-state index in [0.29, 0.717) is 18.7 Å². The monoisotopic (exact) mass is 170 g/mol. The molecule has 4 heteroatoms. The molecule has 0 saturated carbocycles. The Kier molecular flexibility index (Phi) is 2.99. The molecule has 1 rings (SSSR count). The molecular weight excluding hydrogens is 159 g/mol. The third-order valence-corrected chi connectivity index (χ3v) is 1.53. The smallest absolute Gasteiger partial charge is 0.186 e. The van der Waals surface area contributed by atoms with E-state index in [4.69, 9.17) is 10.5 Å². The fourth-order valence-electron chi connectivity index (χ4n) is 0.936. The molecule has 0 bridgehead atoms. The van der Waals surface area contributed by atoms with E-state index >= 15 is 0 Å². The SMILES string of the molecule is COc1ccnc(CCN)c1F. The van der Waals surface area contributed by atoms with Gasteiger partial charge in [-0.15, -0.1) is 0 Å². The maximum absolute atomic E-state index is 13.2. The van der Waals surface area contributed by atoms with Crippen LogP contribution in [0.4, 0.5) is 4.39 Å². The number of halogens is 1. The van der Waals surface area contributed by atoms with E-state index in [-0.39, 0.29) is 5.75 Å². The van der Waals surface area contributed by atoms with E-state index < -0.39 is 5.82 Å². The first-order valence-electron chi connectivity index (χ1n) is 3.67. The van der Waals surface area contributed by atoms with Crippen molar-refractivity contribution < 1.29 is 9.13 Å². The molecule has 0 aromatic carbocycles. The summed E-state index contributed by atoms with van der Waals surface area (Å²) in [5.74, 6) is -0.195. The maximum Gasteiger partial charge on any atom is 0.186 e. The first-order chi connectivity index (χ1) is 5.79. The Morgan fingerprint density at radius 2 is 2.42 bits per heavy atom. The summed E-state index contributed by atoms with van der Waals surface area (Å²) in [7, 11) is 1.42. The van der Waals surface area contributed by atoms with Crippen LogP contribution < -0.4 is 10.5 Å². The third kappa shape index (κ3) is 1.71. The van der Waals surface area contributed by atoms with Crippen molar-refractivity contribution in [2.45, 2.75) is 6.42 Å². The average Bonchev–Trinajstić information content (AvgIpc) is 2.09. The highest BCUT2D eigenvalue weighted by Gasteiger charge is 2.07. The Hall–Kier alpha value is -1.16. The summed E-state index contributed by atoms with van der Waals surface area (Å²) in [5, 5.41) is 0. The summed E-state index contributed by atoms with van der Waals surface area (Å²) >= 11 is 0. The average molecular weight is 170 g/mol. The minimum atomic E-state index is -0.412. The van der Waals surface area contributed by atoms with E-state index in [1.54, 1.807) is 0 Å². The van der Waals surface area contributed by atoms with Crippen molar-refractivity contribution in [3.8, 4) is 5.75 Å². The van der Waals surface area contributed by atoms with Crippen LogP contribution in [0.5, 0.6) is 5.75 Å². The number of hydrogen-bond acceptors (Lipinski definition) is 3. The van der Waals surface area contributed by atoms with Gasteiger partial charge in [0.1, 0.15) is 0 Å². The largest absolute Gasteiger partial charge is 0.494 e. The molecule has 0 amide bonds. The lowest BCUT2D eigenvalue weighted by Gasteiger charge is -2.04. The van der Waals surface area contributed by atoms with Gasteiger partial charge in [-0.05, 0) is 6.54 Å². The van der Waals surface area contributed by atoms with E-state index in [1.807, 2.05) is 0 Å². The number of ether oxygens (including phenoxy) is 1. The molecule has 0 unspecified atom stereocenters. The highest BCUT2D eigenvalue weighted by atomic mass is 19.1. The third-order valence-electron chi connectivity index (χ3n) is 1.53. The van der Waals surface area contributed by atoms with Gasteiger partial charge < -0.3 is 10.5 Å². The van der Waals surface area contributed by atoms with Crippen LogP contribution in [0.2, 0.25) is 0 Å². The van der Waals surface area contributed by atoms with Gasteiger partial charge in [-0.25, -0.2) is 4.39 Å². The number of aromatic nitrogens is 1. The van der Waals surface area contributed by atoms with Gasteiger partial charge in [-0.3, -0.25) is 4.98 Å². The summed E-state index contributed by atoms with van der Waals surface area (Å²) < 4.78 is 18.0. The van der Waals surface area contributed by atoms with Gasteiger partial charge in [0.25, 0.3) is 0 Å². The van der Waals surface area contributed by atoms with Gasteiger partial charge in [-0.1, -0.05) is 0 Å².